The molecule has 0 saturated carbocycles. The van der Waals surface area contributed by atoms with Crippen molar-refractivity contribution in [3.63, 3.8) is 0 Å². The number of esters is 1. The monoisotopic (exact) mass is 399 g/mol. The maximum absolute atomic E-state index is 11.8. The molecule has 3 N–H and O–H groups in total. The van der Waals surface area contributed by atoms with Crippen LogP contribution in [-0.2, 0) is 14.3 Å². The van der Waals surface area contributed by atoms with Crippen molar-refractivity contribution in [1.82, 2.24) is 5.32 Å². The lowest BCUT2D eigenvalue weighted by molar-refractivity contribution is -0.138. The van der Waals surface area contributed by atoms with E-state index in [0.29, 0.717) is 10.5 Å². The van der Waals surface area contributed by atoms with Crippen molar-refractivity contribution in [1.29, 1.82) is 0 Å². The summed E-state index contributed by atoms with van der Waals surface area (Å²) >= 11 is 1.04. The summed E-state index contributed by atoms with van der Waals surface area (Å²) in [4.78, 5) is 35.3. The summed E-state index contributed by atoms with van der Waals surface area (Å²) < 4.78 is 9.71. The number of hydrogen-bond donors (Lipinski definition) is 3. The molecule has 150 valence electrons. The Labute approximate surface area is 161 Å². The highest BCUT2D eigenvalue weighted by Crippen LogP contribution is 2.31. The normalized spacial score (nSPS) is 12.1. The minimum atomic E-state index is -1.24. The third-order valence-electron chi connectivity index (χ3n) is 3.24. The highest BCUT2D eigenvalue weighted by atomic mass is 32.2. The first-order valence-corrected chi connectivity index (χ1v) is 8.93. The molecule has 0 saturated heterocycles. The number of amides is 1. The molecule has 0 radical (unpaired) electrons. The van der Waals surface area contributed by atoms with Gasteiger partial charge in [0.25, 0.3) is 0 Å². The number of anilines is 1. The molecule has 0 unspecified atom stereocenters. The van der Waals surface area contributed by atoms with Crippen LogP contribution in [0.5, 0.6) is 0 Å². The Bertz CT molecular complexity index is 716. The Balaban J connectivity index is 2.92. The van der Waals surface area contributed by atoms with Gasteiger partial charge in [-0.3, -0.25) is 0 Å². The molecule has 0 heterocycles. The molecule has 1 rings (SSSR count). The summed E-state index contributed by atoms with van der Waals surface area (Å²) in [6, 6.07) is 1.68. The van der Waals surface area contributed by atoms with Gasteiger partial charge in [0, 0.05) is 16.3 Å². The third-order valence-corrected chi connectivity index (χ3v) is 4.39. The zero-order chi connectivity index (χ0) is 20.8. The van der Waals surface area contributed by atoms with Crippen molar-refractivity contribution >= 4 is 35.5 Å². The second-order valence-electron chi connectivity index (χ2n) is 6.60. The molecule has 1 aromatic carbocycles. The van der Waals surface area contributed by atoms with Crippen LogP contribution >= 0.6 is 11.8 Å². The Hall–Kier alpha value is -2.46. The number of benzene rings is 1. The summed E-state index contributed by atoms with van der Waals surface area (Å²) in [6.45, 7) is 6.65. The van der Waals surface area contributed by atoms with Crippen LogP contribution in [0.1, 0.15) is 36.7 Å². The molecule has 1 amide bonds. The zero-order valence-electron chi connectivity index (χ0n) is 15.7. The Morgan fingerprint density at radius 2 is 1.93 bits per heavy atom. The number of methoxy groups -OCH3 is 1. The largest absolute Gasteiger partial charge is 0.761 e. The fourth-order valence-electron chi connectivity index (χ4n) is 2.01. The van der Waals surface area contributed by atoms with Gasteiger partial charge in [0.15, 0.2) is 0 Å². The van der Waals surface area contributed by atoms with Crippen molar-refractivity contribution < 1.29 is 29.0 Å². The summed E-state index contributed by atoms with van der Waals surface area (Å²) in [5, 5.41) is 22.8. The molecule has 0 aliphatic heterocycles. The van der Waals surface area contributed by atoms with Crippen molar-refractivity contribution in [2.45, 2.75) is 44.2 Å². The minimum absolute atomic E-state index is 0.0553. The highest BCUT2D eigenvalue weighted by Gasteiger charge is 2.24. The van der Waals surface area contributed by atoms with Gasteiger partial charge < -0.3 is 30.6 Å². The molecular formula is C17H23N2O7S-. The van der Waals surface area contributed by atoms with Gasteiger partial charge in [-0.05, 0) is 45.4 Å². The van der Waals surface area contributed by atoms with Gasteiger partial charge in [-0.2, -0.15) is 0 Å². The maximum atomic E-state index is 11.8. The van der Waals surface area contributed by atoms with Gasteiger partial charge in [0.1, 0.15) is 11.6 Å². The number of carbonyl (C=O) groups is 3. The number of thioether (sulfide) groups is 1. The molecule has 0 spiro atoms. The number of rotatable bonds is 7. The fraction of sp³-hybridized carbons (Fsp3) is 0.471. The average Bonchev–Trinajstić information content (AvgIpc) is 2.56. The predicted molar refractivity (Wildman–Crippen MR) is 101 cm³/mol. The molecule has 0 aromatic heterocycles. The number of hydrogen-bond acceptors (Lipinski definition) is 8. The van der Waals surface area contributed by atoms with E-state index in [1.807, 2.05) is 0 Å². The standard InChI is InChI=1S/C17H23N2O7S/c1-9-6-13(11(19-24)7-10(9)15(22)25-5)27-8-12(14(20)21)18-16(23)26-17(2,3)4/h6-7,12,19H,8H2,1-5H3,(H,18,23)(H,20,21)/q-1/t12-/m0/s1. The summed E-state index contributed by atoms with van der Waals surface area (Å²) in [7, 11) is 1.23. The summed E-state index contributed by atoms with van der Waals surface area (Å²) in [6.07, 6.45) is -0.852. The van der Waals surface area contributed by atoms with Crippen molar-refractivity contribution in [3.8, 4) is 0 Å². The van der Waals surface area contributed by atoms with E-state index in [9.17, 15) is 24.7 Å². The second-order valence-corrected chi connectivity index (χ2v) is 7.67. The lowest BCUT2D eigenvalue weighted by Crippen LogP contribution is -2.44. The molecule has 0 aliphatic rings. The van der Waals surface area contributed by atoms with Crippen molar-refractivity contribution in [2.75, 3.05) is 18.3 Å². The second kappa shape index (κ2) is 9.47. The smallest absolute Gasteiger partial charge is 0.408 e. The number of aryl methyl sites for hydroxylation is 1. The molecule has 0 aliphatic carbocycles. The molecule has 1 atom stereocenters. The number of carbonyl (C=O) groups excluding carboxylic acids is 2. The molecular weight excluding hydrogens is 376 g/mol. The quantitative estimate of drug-likeness (QED) is 0.359. The lowest BCUT2D eigenvalue weighted by atomic mass is 10.1. The third kappa shape index (κ3) is 6.99. The molecule has 0 bridgehead atoms. The van der Waals surface area contributed by atoms with E-state index in [0.717, 1.165) is 11.8 Å². The van der Waals surface area contributed by atoms with Crippen LogP contribution in [0.2, 0.25) is 0 Å². The number of alkyl carbamates (subject to hydrolysis) is 1. The first-order valence-electron chi connectivity index (χ1n) is 7.94. The lowest BCUT2D eigenvalue weighted by Gasteiger charge is -2.22. The topological polar surface area (TPSA) is 137 Å². The van der Waals surface area contributed by atoms with Gasteiger partial charge in [-0.1, -0.05) is 0 Å². The molecule has 0 fully saturated rings. The van der Waals surface area contributed by atoms with Gasteiger partial charge in [-0.25, -0.2) is 14.4 Å². The predicted octanol–water partition coefficient (Wildman–Crippen LogP) is 2.76. The molecule has 10 heteroatoms. The van der Waals surface area contributed by atoms with Crippen LogP contribution in [0.3, 0.4) is 0 Å². The van der Waals surface area contributed by atoms with Crippen LogP contribution in [0.4, 0.5) is 10.5 Å². The number of carboxylic acid groups (broad SMARTS) is 1. The average molecular weight is 399 g/mol. The van der Waals surface area contributed by atoms with E-state index in [1.165, 1.54) is 13.2 Å². The van der Waals surface area contributed by atoms with E-state index in [-0.39, 0.29) is 17.0 Å². The number of ether oxygens (including phenoxy) is 2. The molecule has 27 heavy (non-hydrogen) atoms. The van der Waals surface area contributed by atoms with E-state index in [1.54, 1.807) is 39.2 Å². The van der Waals surface area contributed by atoms with E-state index >= 15 is 0 Å². The Morgan fingerprint density at radius 3 is 2.41 bits per heavy atom. The van der Waals surface area contributed by atoms with E-state index < -0.39 is 29.7 Å². The fourth-order valence-corrected chi connectivity index (χ4v) is 3.10. The summed E-state index contributed by atoms with van der Waals surface area (Å²) in [5.74, 6) is -1.89. The van der Waals surface area contributed by atoms with Crippen molar-refractivity contribution in [3.05, 3.63) is 28.5 Å². The Morgan fingerprint density at radius 1 is 1.30 bits per heavy atom. The summed E-state index contributed by atoms with van der Waals surface area (Å²) in [5.41, 5.74) is 1.86. The SMILES string of the molecule is COC(=O)c1cc(N[O-])c(SC[C@H](NC(=O)OC(C)(C)C)C(=O)O)cc1C. The van der Waals surface area contributed by atoms with Crippen LogP contribution < -0.4 is 10.8 Å². The van der Waals surface area contributed by atoms with Crippen LogP contribution in [-0.4, -0.2) is 47.6 Å². The highest BCUT2D eigenvalue weighted by molar-refractivity contribution is 7.99. The molecule has 9 nitrogen and oxygen atoms in total. The zero-order valence-corrected chi connectivity index (χ0v) is 16.6. The van der Waals surface area contributed by atoms with Crippen LogP contribution in [0, 0.1) is 12.1 Å². The van der Waals surface area contributed by atoms with Crippen molar-refractivity contribution in [2.24, 2.45) is 0 Å². The van der Waals surface area contributed by atoms with Gasteiger partial charge in [0.05, 0.1) is 12.7 Å². The number of carboxylic acids is 1. The first kappa shape index (κ1) is 22.6. The Kier molecular flexibility index (Phi) is 7.92. The van der Waals surface area contributed by atoms with Gasteiger partial charge >= 0.3 is 18.0 Å². The van der Waals surface area contributed by atoms with E-state index in [4.69, 9.17) is 4.74 Å². The number of aliphatic carboxylic acids is 1. The first-order chi connectivity index (χ1) is 12.5. The van der Waals surface area contributed by atoms with Crippen LogP contribution in [0.15, 0.2) is 17.0 Å². The molecule has 1 aromatic rings. The van der Waals surface area contributed by atoms with E-state index in [2.05, 4.69) is 10.1 Å². The minimum Gasteiger partial charge on any atom is -0.761 e. The van der Waals surface area contributed by atoms with Crippen LogP contribution in [0.25, 0.3) is 0 Å². The van der Waals surface area contributed by atoms with Gasteiger partial charge in [0.2, 0.25) is 0 Å². The van der Waals surface area contributed by atoms with Gasteiger partial charge in [-0.15, -0.1) is 11.8 Å². The maximum Gasteiger partial charge on any atom is 0.408 e. The number of nitrogens with one attached hydrogen (secondary N) is 2.